The van der Waals surface area contributed by atoms with Gasteiger partial charge in [-0.05, 0) is 35.3 Å². The van der Waals surface area contributed by atoms with Gasteiger partial charge in [0.15, 0.2) is 0 Å². The fraction of sp³-hybridized carbons (Fsp3) is 0.182. The summed E-state index contributed by atoms with van der Waals surface area (Å²) in [4.78, 5) is 16.8. The van der Waals surface area contributed by atoms with E-state index in [1.54, 1.807) is 11.3 Å². The molecular weight excluding hydrogens is 340 g/mol. The van der Waals surface area contributed by atoms with E-state index in [1.807, 2.05) is 66.7 Å². The lowest BCUT2D eigenvalue weighted by Crippen LogP contribution is -2.14. The molecule has 1 N–H and O–H groups in total. The predicted octanol–water partition coefficient (Wildman–Crippen LogP) is 5.62. The molecule has 132 valence electrons. The number of aromatic nitrogens is 1. The van der Waals surface area contributed by atoms with E-state index < -0.39 is 0 Å². The van der Waals surface area contributed by atoms with Crippen molar-refractivity contribution in [1.82, 2.24) is 4.98 Å². The number of carbonyl (C=O) groups is 1. The predicted molar refractivity (Wildman–Crippen MR) is 110 cm³/mol. The van der Waals surface area contributed by atoms with Crippen molar-refractivity contribution in [2.24, 2.45) is 0 Å². The Morgan fingerprint density at radius 2 is 1.92 bits per heavy atom. The van der Waals surface area contributed by atoms with Crippen LogP contribution in [0.25, 0.3) is 12.2 Å². The number of benzene rings is 2. The number of hydrogen-bond acceptors (Lipinski definition) is 3. The first kappa shape index (κ1) is 18.1. The van der Waals surface area contributed by atoms with Crippen LogP contribution in [0, 0.1) is 0 Å². The van der Waals surface area contributed by atoms with Gasteiger partial charge in [0.25, 0.3) is 0 Å². The number of nitrogens with zero attached hydrogens (tertiary/aromatic N) is 1. The van der Waals surface area contributed by atoms with Crippen LogP contribution in [0.5, 0.6) is 0 Å². The molecule has 0 radical (unpaired) electrons. The number of rotatable bonds is 6. The minimum atomic E-state index is -0.0150. The summed E-state index contributed by atoms with van der Waals surface area (Å²) in [5.41, 5.74) is 3.96. The van der Waals surface area contributed by atoms with Gasteiger partial charge < -0.3 is 5.32 Å². The van der Waals surface area contributed by atoms with E-state index >= 15 is 0 Å². The molecule has 2 aromatic carbocycles. The Labute approximate surface area is 158 Å². The molecule has 3 aromatic rings. The molecule has 4 heteroatoms. The van der Waals surface area contributed by atoms with E-state index in [4.69, 9.17) is 0 Å². The second kappa shape index (κ2) is 8.59. The van der Waals surface area contributed by atoms with Crippen LogP contribution in [0.3, 0.4) is 0 Å². The molecular formula is C22H22N2OS. The molecule has 26 heavy (non-hydrogen) atoms. The zero-order chi connectivity index (χ0) is 18.4. The van der Waals surface area contributed by atoms with Gasteiger partial charge >= 0.3 is 0 Å². The molecule has 1 aromatic heterocycles. The molecule has 0 saturated carbocycles. The minimum absolute atomic E-state index is 0.0150. The highest BCUT2D eigenvalue weighted by Gasteiger charge is 2.05. The number of thiazole rings is 1. The molecule has 3 nitrogen and oxygen atoms in total. The lowest BCUT2D eigenvalue weighted by Gasteiger charge is -2.06. The largest absolute Gasteiger partial charge is 0.326 e. The Bertz CT molecular complexity index is 897. The minimum Gasteiger partial charge on any atom is -0.326 e. The van der Waals surface area contributed by atoms with Crippen molar-refractivity contribution in [1.29, 1.82) is 0 Å². The Hall–Kier alpha value is -2.72. The number of anilines is 1. The molecule has 0 unspecified atom stereocenters. The van der Waals surface area contributed by atoms with E-state index in [2.05, 4.69) is 29.5 Å². The summed E-state index contributed by atoms with van der Waals surface area (Å²) >= 11 is 1.65. The van der Waals surface area contributed by atoms with Gasteiger partial charge in [-0.2, -0.15) is 0 Å². The van der Waals surface area contributed by atoms with Gasteiger partial charge in [-0.1, -0.05) is 62.4 Å². The van der Waals surface area contributed by atoms with Crippen LogP contribution in [-0.2, 0) is 11.2 Å². The molecule has 0 fully saturated rings. The zero-order valence-corrected chi connectivity index (χ0v) is 15.8. The topological polar surface area (TPSA) is 42.0 Å². The van der Waals surface area contributed by atoms with E-state index in [-0.39, 0.29) is 5.91 Å². The molecule has 0 bridgehead atoms. The SMILES string of the molecule is CC(C)c1csc(/C=C/c2cccc(NC(=O)Cc3ccccc3)c2)n1. The van der Waals surface area contributed by atoms with Crippen LogP contribution in [0.4, 0.5) is 5.69 Å². The Balaban J connectivity index is 1.64. The summed E-state index contributed by atoms with van der Waals surface area (Å²) < 4.78 is 0. The van der Waals surface area contributed by atoms with Gasteiger partial charge in [-0.15, -0.1) is 11.3 Å². The highest BCUT2D eigenvalue weighted by molar-refractivity contribution is 7.10. The summed E-state index contributed by atoms with van der Waals surface area (Å²) in [6.45, 7) is 4.29. The fourth-order valence-corrected chi connectivity index (χ4v) is 3.39. The summed E-state index contributed by atoms with van der Waals surface area (Å²) in [5, 5.41) is 6.06. The van der Waals surface area contributed by atoms with E-state index in [9.17, 15) is 4.79 Å². The van der Waals surface area contributed by atoms with Gasteiger partial charge in [-0.25, -0.2) is 4.98 Å². The Morgan fingerprint density at radius 1 is 1.12 bits per heavy atom. The first-order valence-corrected chi connectivity index (χ1v) is 9.55. The van der Waals surface area contributed by atoms with Gasteiger partial charge in [0.05, 0.1) is 12.1 Å². The Kier molecular flexibility index (Phi) is 5.97. The van der Waals surface area contributed by atoms with E-state index in [1.165, 1.54) is 0 Å². The standard InChI is InChI=1S/C22H22N2OS/c1-16(2)20-15-26-22(24-20)12-11-18-9-6-10-19(13-18)23-21(25)14-17-7-4-3-5-8-17/h3-13,15-16H,14H2,1-2H3,(H,23,25)/b12-11+. The molecule has 0 saturated heterocycles. The smallest absolute Gasteiger partial charge is 0.228 e. The van der Waals surface area contributed by atoms with Crippen molar-refractivity contribution in [2.75, 3.05) is 5.32 Å². The van der Waals surface area contributed by atoms with Crippen molar-refractivity contribution >= 4 is 35.1 Å². The molecule has 1 heterocycles. The highest BCUT2D eigenvalue weighted by atomic mass is 32.1. The molecule has 0 aliphatic carbocycles. The van der Waals surface area contributed by atoms with Crippen LogP contribution < -0.4 is 5.32 Å². The molecule has 0 atom stereocenters. The summed E-state index contributed by atoms with van der Waals surface area (Å²) in [6.07, 6.45) is 4.41. The third kappa shape index (κ3) is 5.14. The third-order valence-corrected chi connectivity index (χ3v) is 4.76. The monoisotopic (exact) mass is 362 g/mol. The van der Waals surface area contributed by atoms with Crippen molar-refractivity contribution in [2.45, 2.75) is 26.2 Å². The van der Waals surface area contributed by atoms with Gasteiger partial charge in [0, 0.05) is 11.1 Å². The van der Waals surface area contributed by atoms with Crippen molar-refractivity contribution in [3.8, 4) is 0 Å². The maximum atomic E-state index is 12.2. The fourth-order valence-electron chi connectivity index (χ4n) is 2.52. The van der Waals surface area contributed by atoms with Crippen LogP contribution >= 0.6 is 11.3 Å². The number of hydrogen-bond donors (Lipinski definition) is 1. The van der Waals surface area contributed by atoms with Crippen molar-refractivity contribution in [3.63, 3.8) is 0 Å². The van der Waals surface area contributed by atoms with Gasteiger partial charge in [0.2, 0.25) is 5.91 Å². The van der Waals surface area contributed by atoms with E-state index in [0.29, 0.717) is 12.3 Å². The average Bonchev–Trinajstić information content (AvgIpc) is 3.10. The number of nitrogens with one attached hydrogen (secondary N) is 1. The van der Waals surface area contributed by atoms with Crippen LogP contribution in [0.2, 0.25) is 0 Å². The first-order valence-electron chi connectivity index (χ1n) is 8.67. The quantitative estimate of drug-likeness (QED) is 0.618. The van der Waals surface area contributed by atoms with Gasteiger partial charge in [-0.3, -0.25) is 4.79 Å². The van der Waals surface area contributed by atoms with Crippen molar-refractivity contribution < 1.29 is 4.79 Å². The van der Waals surface area contributed by atoms with Crippen molar-refractivity contribution in [3.05, 3.63) is 81.8 Å². The third-order valence-electron chi connectivity index (χ3n) is 3.93. The van der Waals surface area contributed by atoms with Crippen LogP contribution in [-0.4, -0.2) is 10.9 Å². The van der Waals surface area contributed by atoms with Crippen LogP contribution in [0.1, 0.15) is 41.6 Å². The molecule has 3 rings (SSSR count). The lowest BCUT2D eigenvalue weighted by molar-refractivity contribution is -0.115. The summed E-state index contributed by atoms with van der Waals surface area (Å²) in [7, 11) is 0. The zero-order valence-electron chi connectivity index (χ0n) is 15.0. The second-order valence-corrected chi connectivity index (χ2v) is 7.32. The lowest BCUT2D eigenvalue weighted by atomic mass is 10.1. The normalized spacial score (nSPS) is 11.2. The molecule has 0 spiro atoms. The second-order valence-electron chi connectivity index (χ2n) is 6.43. The van der Waals surface area contributed by atoms with Crippen LogP contribution in [0.15, 0.2) is 60.0 Å². The number of carbonyl (C=O) groups excluding carboxylic acids is 1. The number of amides is 1. The summed E-state index contributed by atoms with van der Waals surface area (Å²) in [5.74, 6) is 0.426. The highest BCUT2D eigenvalue weighted by Crippen LogP contribution is 2.20. The molecule has 0 aliphatic heterocycles. The Morgan fingerprint density at radius 3 is 2.65 bits per heavy atom. The first-order chi connectivity index (χ1) is 12.6. The molecule has 0 aliphatic rings. The summed E-state index contributed by atoms with van der Waals surface area (Å²) in [6, 6.07) is 17.6. The average molecular weight is 362 g/mol. The maximum absolute atomic E-state index is 12.2. The van der Waals surface area contributed by atoms with E-state index in [0.717, 1.165) is 27.5 Å². The van der Waals surface area contributed by atoms with Gasteiger partial charge in [0.1, 0.15) is 5.01 Å². The molecule has 1 amide bonds. The maximum Gasteiger partial charge on any atom is 0.228 e.